The molecule has 0 fully saturated rings. The Bertz CT molecular complexity index is 1050. The average Bonchev–Trinajstić information content (AvgIpc) is 2.77. The molecule has 0 amide bonds. The number of allylic oxidation sites excluding steroid dienone is 4. The van der Waals surface area contributed by atoms with Crippen LogP contribution in [0.15, 0.2) is 40.7 Å². The highest BCUT2D eigenvalue weighted by Gasteiger charge is 2.48. The minimum absolute atomic E-state index is 0.104. The van der Waals surface area contributed by atoms with Crippen molar-refractivity contribution in [2.75, 3.05) is 19.8 Å². The molecule has 4 rings (SSSR count). The molecular weight excluding hydrogens is 450 g/mol. The summed E-state index contributed by atoms with van der Waals surface area (Å²) in [4.78, 5) is 29.8. The third-order valence-corrected chi connectivity index (χ3v) is 7.69. The third-order valence-electron chi connectivity index (χ3n) is 7.69. The van der Waals surface area contributed by atoms with Crippen LogP contribution in [0.25, 0.3) is 0 Å². The maximum Gasteiger partial charge on any atom is 0.162 e. The Kier molecular flexibility index (Phi) is 7.41. The van der Waals surface area contributed by atoms with E-state index in [4.69, 9.17) is 9.47 Å². The molecule has 5 heteroatoms. The molecule has 0 radical (unpaired) electrons. The molecule has 0 N–H and O–H groups in total. The number of benzene rings is 1. The fourth-order valence-corrected chi connectivity index (χ4v) is 6.18. The summed E-state index contributed by atoms with van der Waals surface area (Å²) in [5.41, 5.74) is 4.57. The largest absolute Gasteiger partial charge is 0.490 e. The minimum Gasteiger partial charge on any atom is -0.490 e. The number of hydrogen-bond donors (Lipinski definition) is 0. The average molecular weight is 494 g/mol. The van der Waals surface area contributed by atoms with E-state index < -0.39 is 0 Å². The van der Waals surface area contributed by atoms with Crippen LogP contribution in [0.1, 0.15) is 98.5 Å². The van der Waals surface area contributed by atoms with Gasteiger partial charge in [-0.1, -0.05) is 47.1 Å². The Labute approximate surface area is 216 Å². The van der Waals surface area contributed by atoms with Crippen LogP contribution < -0.4 is 9.47 Å². The molecule has 0 spiro atoms. The van der Waals surface area contributed by atoms with Gasteiger partial charge in [0.05, 0.1) is 13.2 Å². The predicted octanol–water partition coefficient (Wildman–Crippen LogP) is 6.97. The van der Waals surface area contributed by atoms with Gasteiger partial charge in [-0.2, -0.15) is 0 Å². The van der Waals surface area contributed by atoms with Gasteiger partial charge < -0.3 is 14.4 Å². The number of ether oxygens (including phenoxy) is 2. The monoisotopic (exact) mass is 493 g/mol. The second kappa shape index (κ2) is 10.1. The molecule has 0 saturated heterocycles. The third kappa shape index (κ3) is 4.99. The summed E-state index contributed by atoms with van der Waals surface area (Å²) in [5.74, 6) is 1.37. The number of rotatable bonds is 8. The summed E-state index contributed by atoms with van der Waals surface area (Å²) < 4.78 is 12.0. The van der Waals surface area contributed by atoms with Crippen molar-refractivity contribution in [3.63, 3.8) is 0 Å². The molecule has 0 saturated carbocycles. The number of ketones is 2. The standard InChI is InChI=1S/C31H43NO4/c1-8-11-14-36-25-13-12-20(15-26(25)35-10-3)27-28-21(16-30(4,5)18-23(28)33)32(9-2)22-17-31(6,7)19-24(34)29(22)27/h12-13,15,27H,8-11,14,16-19H2,1-7H3. The van der Waals surface area contributed by atoms with Crippen molar-refractivity contribution in [3.8, 4) is 11.5 Å². The van der Waals surface area contributed by atoms with Gasteiger partial charge in [-0.25, -0.2) is 0 Å². The maximum atomic E-state index is 13.8. The molecule has 0 bridgehead atoms. The topological polar surface area (TPSA) is 55.8 Å². The zero-order valence-corrected chi connectivity index (χ0v) is 23.3. The second-order valence-electron chi connectivity index (χ2n) is 12.1. The fourth-order valence-electron chi connectivity index (χ4n) is 6.18. The normalized spacial score (nSPS) is 21.5. The van der Waals surface area contributed by atoms with E-state index in [0.717, 1.165) is 66.1 Å². The van der Waals surface area contributed by atoms with Crippen LogP contribution in [-0.4, -0.2) is 36.2 Å². The first-order valence-corrected chi connectivity index (χ1v) is 13.7. The molecule has 0 unspecified atom stereocenters. The summed E-state index contributed by atoms with van der Waals surface area (Å²) in [6.07, 6.45) is 4.70. The SMILES string of the molecule is CCCCOc1ccc(C2C3=C(CC(C)(C)CC3=O)N(CC)C3=C2C(=O)CC(C)(C)C3)cc1OCC. The van der Waals surface area contributed by atoms with Crippen LogP contribution in [0.5, 0.6) is 11.5 Å². The molecule has 0 atom stereocenters. The number of hydrogen-bond acceptors (Lipinski definition) is 5. The minimum atomic E-state index is -0.353. The number of Topliss-reactive ketones (excluding diaryl/α,β-unsaturated/α-hetero) is 2. The number of unbranched alkanes of at least 4 members (excludes halogenated alkanes) is 1. The van der Waals surface area contributed by atoms with E-state index in [2.05, 4.69) is 46.4 Å². The summed E-state index contributed by atoms with van der Waals surface area (Å²) in [5, 5.41) is 0. The molecular formula is C31H43NO4. The molecule has 0 aromatic heterocycles. The summed E-state index contributed by atoms with van der Waals surface area (Å²) in [6.45, 7) is 16.8. The van der Waals surface area contributed by atoms with Crippen LogP contribution >= 0.6 is 0 Å². The van der Waals surface area contributed by atoms with Gasteiger partial charge in [0.15, 0.2) is 23.1 Å². The Morgan fingerprint density at radius 2 is 1.42 bits per heavy atom. The highest BCUT2D eigenvalue weighted by Crippen LogP contribution is 2.54. The number of carbonyl (C=O) groups is 2. The quantitative estimate of drug-likeness (QED) is 0.366. The zero-order valence-electron chi connectivity index (χ0n) is 23.3. The lowest BCUT2D eigenvalue weighted by atomic mass is 9.63. The Morgan fingerprint density at radius 3 is 1.92 bits per heavy atom. The van der Waals surface area contributed by atoms with Crippen molar-refractivity contribution < 1.29 is 19.1 Å². The van der Waals surface area contributed by atoms with Gasteiger partial charge in [0, 0.05) is 47.8 Å². The van der Waals surface area contributed by atoms with Crippen molar-refractivity contribution >= 4 is 11.6 Å². The van der Waals surface area contributed by atoms with Crippen molar-refractivity contribution in [1.29, 1.82) is 0 Å². The molecule has 3 aliphatic rings. The Morgan fingerprint density at radius 1 is 0.833 bits per heavy atom. The first-order valence-electron chi connectivity index (χ1n) is 13.7. The van der Waals surface area contributed by atoms with E-state index >= 15 is 0 Å². The highest BCUT2D eigenvalue weighted by molar-refractivity contribution is 6.06. The van der Waals surface area contributed by atoms with Gasteiger partial charge in [-0.15, -0.1) is 0 Å². The van der Waals surface area contributed by atoms with Gasteiger partial charge >= 0.3 is 0 Å². The van der Waals surface area contributed by atoms with Crippen LogP contribution in [0.4, 0.5) is 0 Å². The Hall–Kier alpha value is -2.56. The van der Waals surface area contributed by atoms with Crippen LogP contribution in [0.2, 0.25) is 0 Å². The fraction of sp³-hybridized carbons (Fsp3) is 0.613. The molecule has 2 aliphatic carbocycles. The number of carbonyl (C=O) groups excluding carboxylic acids is 2. The molecule has 1 aromatic carbocycles. The summed E-state index contributed by atoms with van der Waals surface area (Å²) in [6, 6.07) is 5.99. The molecule has 1 aromatic rings. The van der Waals surface area contributed by atoms with Crippen molar-refractivity contribution in [2.45, 2.75) is 92.9 Å². The van der Waals surface area contributed by atoms with Gasteiger partial charge in [0.1, 0.15) is 0 Å². The molecule has 1 heterocycles. The van der Waals surface area contributed by atoms with Crippen molar-refractivity contribution in [1.82, 2.24) is 4.90 Å². The molecule has 36 heavy (non-hydrogen) atoms. The van der Waals surface area contributed by atoms with E-state index in [-0.39, 0.29) is 28.3 Å². The first kappa shape index (κ1) is 26.5. The van der Waals surface area contributed by atoms with E-state index in [1.165, 1.54) is 0 Å². The molecule has 1 aliphatic heterocycles. The lowest BCUT2D eigenvalue weighted by molar-refractivity contribution is -0.119. The summed E-state index contributed by atoms with van der Waals surface area (Å²) in [7, 11) is 0. The van der Waals surface area contributed by atoms with E-state index in [1.807, 2.05) is 25.1 Å². The maximum absolute atomic E-state index is 13.8. The van der Waals surface area contributed by atoms with Crippen molar-refractivity contribution in [3.05, 3.63) is 46.3 Å². The predicted molar refractivity (Wildman–Crippen MR) is 143 cm³/mol. The smallest absolute Gasteiger partial charge is 0.162 e. The van der Waals surface area contributed by atoms with E-state index in [0.29, 0.717) is 31.8 Å². The second-order valence-corrected chi connectivity index (χ2v) is 12.1. The molecule has 5 nitrogen and oxygen atoms in total. The van der Waals surface area contributed by atoms with Crippen LogP contribution in [-0.2, 0) is 9.59 Å². The van der Waals surface area contributed by atoms with Gasteiger partial charge in [-0.05, 0) is 61.6 Å². The van der Waals surface area contributed by atoms with Gasteiger partial charge in [-0.3, -0.25) is 9.59 Å². The lowest BCUT2D eigenvalue weighted by Crippen LogP contribution is -2.44. The number of nitrogens with zero attached hydrogens (tertiary/aromatic N) is 1. The first-order chi connectivity index (χ1) is 17.0. The zero-order chi connectivity index (χ0) is 26.3. The van der Waals surface area contributed by atoms with Crippen molar-refractivity contribution in [2.24, 2.45) is 10.8 Å². The lowest BCUT2D eigenvalue weighted by Gasteiger charge is -2.48. The van der Waals surface area contributed by atoms with E-state index in [9.17, 15) is 9.59 Å². The van der Waals surface area contributed by atoms with Crippen LogP contribution in [0.3, 0.4) is 0 Å². The van der Waals surface area contributed by atoms with Crippen LogP contribution in [0, 0.1) is 10.8 Å². The molecule has 196 valence electrons. The summed E-state index contributed by atoms with van der Waals surface area (Å²) >= 11 is 0. The highest BCUT2D eigenvalue weighted by atomic mass is 16.5. The van der Waals surface area contributed by atoms with Gasteiger partial charge in [0.25, 0.3) is 0 Å². The van der Waals surface area contributed by atoms with E-state index in [1.54, 1.807) is 0 Å². The Balaban J connectivity index is 1.90. The van der Waals surface area contributed by atoms with Gasteiger partial charge in [0.2, 0.25) is 0 Å².